The molecule has 3 rings (SSSR count). The number of hydrogen-bond acceptors (Lipinski definition) is 3. The summed E-state index contributed by atoms with van der Waals surface area (Å²) in [7, 11) is 0. The molecule has 2 aromatic rings. The van der Waals surface area contributed by atoms with Gasteiger partial charge in [-0.1, -0.05) is 18.2 Å². The first kappa shape index (κ1) is 19.9. The van der Waals surface area contributed by atoms with Crippen molar-refractivity contribution in [3.05, 3.63) is 54.1 Å². The second-order valence-electron chi connectivity index (χ2n) is 7.04. The summed E-state index contributed by atoms with van der Waals surface area (Å²) in [4.78, 5) is 28.3. The van der Waals surface area contributed by atoms with Gasteiger partial charge < -0.3 is 15.1 Å². The van der Waals surface area contributed by atoms with Crippen molar-refractivity contribution in [3.8, 4) is 0 Å². The summed E-state index contributed by atoms with van der Waals surface area (Å²) >= 11 is 0. The van der Waals surface area contributed by atoms with Crippen LogP contribution in [0, 0.1) is 0 Å². The van der Waals surface area contributed by atoms with Gasteiger partial charge in [0.1, 0.15) is 0 Å². The van der Waals surface area contributed by atoms with Gasteiger partial charge in [0, 0.05) is 49.5 Å². The molecule has 0 atom stereocenters. The van der Waals surface area contributed by atoms with Crippen LogP contribution in [0.3, 0.4) is 0 Å². The molecular weight excluding hydrogens is 350 g/mol. The Hall–Kier alpha value is -2.82. The summed E-state index contributed by atoms with van der Waals surface area (Å²) in [5, 5.41) is 2.93. The number of rotatable bonds is 8. The second kappa shape index (κ2) is 9.40. The highest BCUT2D eigenvalue weighted by Gasteiger charge is 2.19. The van der Waals surface area contributed by atoms with Crippen molar-refractivity contribution in [1.29, 1.82) is 0 Å². The highest BCUT2D eigenvalue weighted by atomic mass is 16.2. The number of amides is 2. The van der Waals surface area contributed by atoms with E-state index in [0.717, 1.165) is 37.4 Å². The van der Waals surface area contributed by atoms with E-state index in [-0.39, 0.29) is 11.8 Å². The van der Waals surface area contributed by atoms with Crippen LogP contribution in [-0.2, 0) is 16.0 Å². The molecule has 0 aromatic heterocycles. The molecule has 1 heterocycles. The monoisotopic (exact) mass is 379 g/mol. The molecule has 2 aromatic carbocycles. The van der Waals surface area contributed by atoms with Gasteiger partial charge in [-0.25, -0.2) is 0 Å². The van der Waals surface area contributed by atoms with Crippen LogP contribution in [0.4, 0.5) is 17.1 Å². The van der Waals surface area contributed by atoms with Gasteiger partial charge >= 0.3 is 0 Å². The Morgan fingerprint density at radius 2 is 1.71 bits per heavy atom. The zero-order valence-electron chi connectivity index (χ0n) is 16.8. The van der Waals surface area contributed by atoms with E-state index in [2.05, 4.69) is 34.5 Å². The summed E-state index contributed by atoms with van der Waals surface area (Å²) < 4.78 is 0. The second-order valence-corrected chi connectivity index (χ2v) is 7.04. The van der Waals surface area contributed by atoms with Crippen molar-refractivity contribution in [2.75, 3.05) is 29.9 Å². The van der Waals surface area contributed by atoms with Crippen molar-refractivity contribution in [3.63, 3.8) is 0 Å². The number of benzene rings is 2. The first-order chi connectivity index (χ1) is 13.6. The Morgan fingerprint density at radius 3 is 2.43 bits per heavy atom. The summed E-state index contributed by atoms with van der Waals surface area (Å²) in [6.07, 6.45) is 2.40. The van der Waals surface area contributed by atoms with E-state index in [1.54, 1.807) is 4.90 Å². The predicted octanol–water partition coefficient (Wildman–Crippen LogP) is 4.36. The Kier molecular flexibility index (Phi) is 6.69. The van der Waals surface area contributed by atoms with E-state index in [4.69, 9.17) is 0 Å². The first-order valence-corrected chi connectivity index (χ1v) is 10.2. The smallest absolute Gasteiger partial charge is 0.224 e. The number of nitrogens with one attached hydrogen (secondary N) is 1. The molecule has 28 heavy (non-hydrogen) atoms. The number of hydrogen-bond donors (Lipinski definition) is 1. The fourth-order valence-electron chi connectivity index (χ4n) is 3.69. The summed E-state index contributed by atoms with van der Waals surface area (Å²) in [6.45, 7) is 6.35. The molecule has 1 aliphatic rings. The standard InChI is InChI=1S/C23H29N3O2/c1-3-25(4-2)23(28)11-7-10-22(27)24-19-12-14-20(15-13-19)26-17-16-18-8-5-6-9-21(18)26/h5-6,8-9,12-15H,3-4,7,10-11,16-17H2,1-2H3,(H,24,27). The minimum Gasteiger partial charge on any atom is -0.343 e. The minimum absolute atomic E-state index is 0.0494. The Balaban J connectivity index is 1.49. The number of nitrogens with zero attached hydrogens (tertiary/aromatic N) is 2. The van der Waals surface area contributed by atoms with Crippen molar-refractivity contribution in [1.82, 2.24) is 4.90 Å². The predicted molar refractivity (Wildman–Crippen MR) is 114 cm³/mol. The van der Waals surface area contributed by atoms with E-state index in [1.165, 1.54) is 11.3 Å². The third-order valence-corrected chi connectivity index (χ3v) is 5.26. The van der Waals surface area contributed by atoms with E-state index >= 15 is 0 Å². The van der Waals surface area contributed by atoms with Crippen LogP contribution in [0.1, 0.15) is 38.7 Å². The van der Waals surface area contributed by atoms with Gasteiger partial charge in [0.15, 0.2) is 0 Å². The Labute approximate surface area is 167 Å². The van der Waals surface area contributed by atoms with Gasteiger partial charge in [-0.2, -0.15) is 0 Å². The zero-order valence-corrected chi connectivity index (χ0v) is 16.8. The van der Waals surface area contributed by atoms with Gasteiger partial charge in [-0.3, -0.25) is 9.59 Å². The molecule has 0 spiro atoms. The average molecular weight is 380 g/mol. The van der Waals surface area contributed by atoms with E-state index in [1.807, 2.05) is 38.1 Å². The highest BCUT2D eigenvalue weighted by Crippen LogP contribution is 2.34. The van der Waals surface area contributed by atoms with Crippen LogP contribution in [0.2, 0.25) is 0 Å². The molecule has 2 amide bonds. The van der Waals surface area contributed by atoms with Crippen LogP contribution in [0.5, 0.6) is 0 Å². The number of anilines is 3. The lowest BCUT2D eigenvalue weighted by atomic mass is 10.2. The summed E-state index contributed by atoms with van der Waals surface area (Å²) in [5.74, 6) is 0.0691. The maximum absolute atomic E-state index is 12.2. The van der Waals surface area contributed by atoms with Gasteiger partial charge in [-0.05, 0) is 62.6 Å². The maximum atomic E-state index is 12.2. The first-order valence-electron chi connectivity index (χ1n) is 10.2. The van der Waals surface area contributed by atoms with Gasteiger partial charge in [-0.15, -0.1) is 0 Å². The molecule has 0 saturated heterocycles. The molecule has 5 nitrogen and oxygen atoms in total. The van der Waals surface area contributed by atoms with Crippen molar-refractivity contribution in [2.45, 2.75) is 39.5 Å². The van der Waals surface area contributed by atoms with Crippen molar-refractivity contribution < 1.29 is 9.59 Å². The molecular formula is C23H29N3O2. The zero-order chi connectivity index (χ0) is 19.9. The molecule has 0 saturated carbocycles. The maximum Gasteiger partial charge on any atom is 0.224 e. The molecule has 0 fully saturated rings. The quantitative estimate of drug-likeness (QED) is 0.741. The molecule has 1 aliphatic heterocycles. The topological polar surface area (TPSA) is 52.7 Å². The van der Waals surface area contributed by atoms with Gasteiger partial charge in [0.25, 0.3) is 0 Å². The van der Waals surface area contributed by atoms with Crippen LogP contribution in [-0.4, -0.2) is 36.3 Å². The highest BCUT2D eigenvalue weighted by molar-refractivity contribution is 5.91. The molecule has 5 heteroatoms. The summed E-state index contributed by atoms with van der Waals surface area (Å²) in [5.41, 5.74) is 4.56. The van der Waals surface area contributed by atoms with E-state index in [0.29, 0.717) is 19.3 Å². The molecule has 0 radical (unpaired) electrons. The number of carbonyl (C=O) groups excluding carboxylic acids is 2. The minimum atomic E-state index is -0.0494. The van der Waals surface area contributed by atoms with E-state index < -0.39 is 0 Å². The lowest BCUT2D eigenvalue weighted by Gasteiger charge is -2.20. The third kappa shape index (κ3) is 4.71. The fraction of sp³-hybridized carbons (Fsp3) is 0.391. The van der Waals surface area contributed by atoms with Crippen LogP contribution in [0.15, 0.2) is 48.5 Å². The summed E-state index contributed by atoms with van der Waals surface area (Å²) in [6, 6.07) is 16.4. The molecule has 1 N–H and O–H groups in total. The van der Waals surface area contributed by atoms with Crippen LogP contribution >= 0.6 is 0 Å². The largest absolute Gasteiger partial charge is 0.343 e. The normalized spacial score (nSPS) is 12.6. The van der Waals surface area contributed by atoms with Crippen LogP contribution < -0.4 is 10.2 Å². The lowest BCUT2D eigenvalue weighted by molar-refractivity contribution is -0.130. The molecule has 0 unspecified atom stereocenters. The number of carbonyl (C=O) groups is 2. The number of fused-ring (bicyclic) bond motifs is 1. The lowest BCUT2D eigenvalue weighted by Crippen LogP contribution is -2.30. The van der Waals surface area contributed by atoms with E-state index in [9.17, 15) is 9.59 Å². The molecule has 0 bridgehead atoms. The Bertz CT molecular complexity index is 813. The van der Waals surface area contributed by atoms with Gasteiger partial charge in [0.05, 0.1) is 0 Å². The number of para-hydroxylation sites is 1. The van der Waals surface area contributed by atoms with Crippen molar-refractivity contribution in [2.24, 2.45) is 0 Å². The fourth-order valence-corrected chi connectivity index (χ4v) is 3.69. The average Bonchev–Trinajstić information content (AvgIpc) is 3.14. The molecule has 0 aliphatic carbocycles. The van der Waals surface area contributed by atoms with Gasteiger partial charge in [0.2, 0.25) is 11.8 Å². The van der Waals surface area contributed by atoms with Crippen LogP contribution in [0.25, 0.3) is 0 Å². The van der Waals surface area contributed by atoms with Crippen molar-refractivity contribution >= 4 is 28.9 Å². The third-order valence-electron chi connectivity index (χ3n) is 5.26. The Morgan fingerprint density at radius 1 is 1.00 bits per heavy atom. The molecule has 148 valence electrons. The SMILES string of the molecule is CCN(CC)C(=O)CCCC(=O)Nc1ccc(N2CCc3ccccc32)cc1.